The number of hydrogen-bond donors (Lipinski definition) is 1. The van der Waals surface area contributed by atoms with Crippen molar-refractivity contribution in [3.8, 4) is 11.5 Å². The normalized spacial score (nSPS) is 15.2. The minimum Gasteiger partial charge on any atom is -0.457 e. The molecule has 7 heteroatoms. The number of hydrogen-bond acceptors (Lipinski definition) is 4. The Bertz CT molecular complexity index is 681. The van der Waals surface area contributed by atoms with Gasteiger partial charge < -0.3 is 15.4 Å². The summed E-state index contributed by atoms with van der Waals surface area (Å²) in [5.41, 5.74) is 5.20. The third-order valence-corrected chi connectivity index (χ3v) is 4.00. The molecule has 0 saturated carbocycles. The fourth-order valence-corrected chi connectivity index (χ4v) is 2.61. The summed E-state index contributed by atoms with van der Waals surface area (Å²) in [5, 5.41) is 0. The van der Waals surface area contributed by atoms with E-state index in [9.17, 15) is 13.2 Å². The van der Waals surface area contributed by atoms with E-state index in [-0.39, 0.29) is 6.04 Å². The van der Waals surface area contributed by atoms with Crippen molar-refractivity contribution >= 4 is 5.82 Å². The minimum absolute atomic E-state index is 0.229. The number of nitrogens with zero attached hydrogens (tertiary/aromatic N) is 2. The zero-order valence-corrected chi connectivity index (χ0v) is 15.0. The second-order valence-corrected chi connectivity index (χ2v) is 5.80. The summed E-state index contributed by atoms with van der Waals surface area (Å²) in [6.07, 6.45) is -0.905. The third kappa shape index (κ3) is 5.36. The lowest BCUT2D eigenvalue weighted by atomic mass is 10.1. The molecule has 1 fully saturated rings. The molecule has 1 aromatic heterocycles. The van der Waals surface area contributed by atoms with E-state index in [1.54, 1.807) is 18.3 Å². The van der Waals surface area contributed by atoms with Gasteiger partial charge in [-0.3, -0.25) is 0 Å². The molecule has 0 bridgehead atoms. The number of nitrogens with two attached hydrogens (primary N) is 1. The number of aromatic nitrogens is 1. The SMILES string of the molecule is CC.NC1CCN(c2cc(Oc3ccc(C(F)(F)F)cc3)ccn2)CC1. The topological polar surface area (TPSA) is 51.4 Å². The van der Waals surface area contributed by atoms with Crippen LogP contribution in [0.1, 0.15) is 32.3 Å². The van der Waals surface area contributed by atoms with Crippen LogP contribution in [0.3, 0.4) is 0 Å². The Morgan fingerprint density at radius 2 is 1.65 bits per heavy atom. The van der Waals surface area contributed by atoms with Crippen LogP contribution in [0.2, 0.25) is 0 Å². The summed E-state index contributed by atoms with van der Waals surface area (Å²) in [6.45, 7) is 5.66. The van der Waals surface area contributed by atoms with Crippen LogP contribution in [-0.2, 0) is 6.18 Å². The lowest BCUT2D eigenvalue weighted by Crippen LogP contribution is -2.40. The molecule has 0 spiro atoms. The molecular formula is C19H24F3N3O. The standard InChI is InChI=1S/C17H18F3N3O.C2H6/c18-17(19,20)12-1-3-14(4-2-12)24-15-5-8-22-16(11-15)23-9-6-13(21)7-10-23;1-2/h1-5,8,11,13H,6-7,9-10,21H2;1-2H3. The number of alkyl halides is 3. The van der Waals surface area contributed by atoms with Gasteiger partial charge >= 0.3 is 6.18 Å². The Morgan fingerprint density at radius 1 is 1.04 bits per heavy atom. The Kier molecular flexibility index (Phi) is 6.85. The van der Waals surface area contributed by atoms with Gasteiger partial charge in [-0.15, -0.1) is 0 Å². The number of piperidine rings is 1. The molecule has 0 atom stereocenters. The molecule has 0 amide bonds. The minimum atomic E-state index is -4.35. The maximum Gasteiger partial charge on any atom is 0.416 e. The summed E-state index contributed by atoms with van der Waals surface area (Å²) in [6, 6.07) is 8.32. The van der Waals surface area contributed by atoms with Gasteiger partial charge in [0.2, 0.25) is 0 Å². The van der Waals surface area contributed by atoms with Crippen molar-refractivity contribution in [3.05, 3.63) is 48.2 Å². The van der Waals surface area contributed by atoms with Gasteiger partial charge in [-0.05, 0) is 43.2 Å². The first-order valence-corrected chi connectivity index (χ1v) is 8.73. The van der Waals surface area contributed by atoms with Crippen LogP contribution in [0.15, 0.2) is 42.6 Å². The lowest BCUT2D eigenvalue weighted by Gasteiger charge is -2.31. The van der Waals surface area contributed by atoms with Crippen molar-refractivity contribution < 1.29 is 17.9 Å². The van der Waals surface area contributed by atoms with E-state index in [2.05, 4.69) is 9.88 Å². The maximum absolute atomic E-state index is 12.6. The third-order valence-electron chi connectivity index (χ3n) is 4.00. The van der Waals surface area contributed by atoms with Crippen molar-refractivity contribution in [1.29, 1.82) is 0 Å². The van der Waals surface area contributed by atoms with E-state index < -0.39 is 11.7 Å². The molecule has 0 unspecified atom stereocenters. The fourth-order valence-electron chi connectivity index (χ4n) is 2.61. The summed E-state index contributed by atoms with van der Waals surface area (Å²) in [5.74, 6) is 1.67. The van der Waals surface area contributed by atoms with Gasteiger partial charge in [0.25, 0.3) is 0 Å². The zero-order chi connectivity index (χ0) is 19.2. The van der Waals surface area contributed by atoms with Gasteiger partial charge in [0.05, 0.1) is 5.56 Å². The van der Waals surface area contributed by atoms with Crippen LogP contribution in [0, 0.1) is 0 Å². The number of anilines is 1. The van der Waals surface area contributed by atoms with Crippen LogP contribution in [0.25, 0.3) is 0 Å². The molecule has 26 heavy (non-hydrogen) atoms. The van der Waals surface area contributed by atoms with Gasteiger partial charge in [0.1, 0.15) is 17.3 Å². The molecule has 0 radical (unpaired) electrons. The quantitative estimate of drug-likeness (QED) is 0.843. The Hall–Kier alpha value is -2.28. The molecule has 142 valence electrons. The second-order valence-electron chi connectivity index (χ2n) is 5.80. The van der Waals surface area contributed by atoms with Crippen LogP contribution in [0.4, 0.5) is 19.0 Å². The van der Waals surface area contributed by atoms with E-state index in [4.69, 9.17) is 10.5 Å². The largest absolute Gasteiger partial charge is 0.457 e. The zero-order valence-electron chi connectivity index (χ0n) is 15.0. The van der Waals surface area contributed by atoms with Gasteiger partial charge in [-0.1, -0.05) is 13.8 Å². The van der Waals surface area contributed by atoms with Crippen molar-refractivity contribution in [3.63, 3.8) is 0 Å². The number of halogens is 3. The van der Waals surface area contributed by atoms with Crippen molar-refractivity contribution in [2.24, 2.45) is 5.73 Å². The molecule has 4 nitrogen and oxygen atoms in total. The number of rotatable bonds is 3. The van der Waals surface area contributed by atoms with Gasteiger partial charge in [-0.2, -0.15) is 13.2 Å². The second kappa shape index (κ2) is 8.89. The Balaban J connectivity index is 0.00000117. The number of pyridine rings is 1. The molecule has 2 heterocycles. The first-order chi connectivity index (χ1) is 12.4. The Morgan fingerprint density at radius 3 is 2.23 bits per heavy atom. The van der Waals surface area contributed by atoms with Crippen LogP contribution < -0.4 is 15.4 Å². The van der Waals surface area contributed by atoms with Crippen LogP contribution in [-0.4, -0.2) is 24.1 Å². The monoisotopic (exact) mass is 367 g/mol. The predicted molar refractivity (Wildman–Crippen MR) is 96.5 cm³/mol. The van der Waals surface area contributed by atoms with Gasteiger partial charge in [0.15, 0.2) is 0 Å². The van der Waals surface area contributed by atoms with Crippen LogP contribution >= 0.6 is 0 Å². The summed E-state index contributed by atoms with van der Waals surface area (Å²) >= 11 is 0. The number of ether oxygens (including phenoxy) is 1. The molecule has 2 aromatic rings. The molecule has 1 aliphatic rings. The predicted octanol–water partition coefficient (Wildman–Crippen LogP) is 4.85. The molecule has 3 rings (SSSR count). The molecule has 0 aliphatic carbocycles. The molecule has 2 N–H and O–H groups in total. The highest BCUT2D eigenvalue weighted by atomic mass is 19.4. The van der Waals surface area contributed by atoms with E-state index >= 15 is 0 Å². The summed E-state index contributed by atoms with van der Waals surface area (Å²) in [7, 11) is 0. The highest BCUT2D eigenvalue weighted by Gasteiger charge is 2.30. The summed E-state index contributed by atoms with van der Waals surface area (Å²) in [4.78, 5) is 6.46. The first kappa shape index (κ1) is 20.0. The molecule has 1 saturated heterocycles. The van der Waals surface area contributed by atoms with Gasteiger partial charge in [-0.25, -0.2) is 4.98 Å². The van der Waals surface area contributed by atoms with E-state index in [0.717, 1.165) is 43.9 Å². The van der Waals surface area contributed by atoms with Crippen molar-refractivity contribution in [2.75, 3.05) is 18.0 Å². The van der Waals surface area contributed by atoms with E-state index in [1.165, 1.54) is 12.1 Å². The molecule has 1 aliphatic heterocycles. The molecular weight excluding hydrogens is 343 g/mol. The van der Waals surface area contributed by atoms with Crippen LogP contribution in [0.5, 0.6) is 11.5 Å². The smallest absolute Gasteiger partial charge is 0.416 e. The maximum atomic E-state index is 12.6. The average molecular weight is 367 g/mol. The summed E-state index contributed by atoms with van der Waals surface area (Å²) < 4.78 is 43.3. The van der Waals surface area contributed by atoms with Crippen molar-refractivity contribution in [1.82, 2.24) is 4.98 Å². The first-order valence-electron chi connectivity index (χ1n) is 8.73. The van der Waals surface area contributed by atoms with Gasteiger partial charge in [0, 0.05) is 31.4 Å². The highest BCUT2D eigenvalue weighted by molar-refractivity contribution is 5.45. The van der Waals surface area contributed by atoms with E-state index in [0.29, 0.717) is 11.5 Å². The van der Waals surface area contributed by atoms with Crippen molar-refractivity contribution in [2.45, 2.75) is 38.9 Å². The average Bonchev–Trinajstić information content (AvgIpc) is 2.64. The van der Waals surface area contributed by atoms with E-state index in [1.807, 2.05) is 13.8 Å². The fraction of sp³-hybridized carbons (Fsp3) is 0.421. The molecule has 1 aromatic carbocycles. The number of benzene rings is 1. The Labute approximate surface area is 151 Å². The highest BCUT2D eigenvalue weighted by Crippen LogP contribution is 2.32. The lowest BCUT2D eigenvalue weighted by molar-refractivity contribution is -0.137.